The van der Waals surface area contributed by atoms with Crippen molar-refractivity contribution in [1.82, 2.24) is 15.1 Å². The lowest BCUT2D eigenvalue weighted by molar-refractivity contribution is -0.138. The van der Waals surface area contributed by atoms with E-state index in [1.807, 2.05) is 0 Å². The molecule has 1 amide bonds. The first-order valence-corrected chi connectivity index (χ1v) is 8.54. The maximum absolute atomic E-state index is 12.7. The van der Waals surface area contributed by atoms with Gasteiger partial charge < -0.3 is 10.2 Å². The summed E-state index contributed by atoms with van der Waals surface area (Å²) in [5.41, 5.74) is 0. The third-order valence-corrected chi connectivity index (χ3v) is 5.54. The lowest BCUT2D eigenvalue weighted by Gasteiger charge is -2.45. The van der Waals surface area contributed by atoms with Gasteiger partial charge in [-0.2, -0.15) is 0 Å². The molecule has 1 N–H and O–H groups in total. The molecule has 3 rings (SSSR count). The molecule has 0 spiro atoms. The molecule has 3 atom stereocenters. The summed E-state index contributed by atoms with van der Waals surface area (Å²) in [5, 5.41) is 3.45. The van der Waals surface area contributed by atoms with Gasteiger partial charge in [-0.15, -0.1) is 0 Å². The smallest absolute Gasteiger partial charge is 0.239 e. The maximum Gasteiger partial charge on any atom is 0.239 e. The van der Waals surface area contributed by atoms with E-state index in [1.165, 1.54) is 38.6 Å². The highest BCUT2D eigenvalue weighted by atomic mass is 16.2. The van der Waals surface area contributed by atoms with Crippen LogP contribution in [0.25, 0.3) is 0 Å². The second kappa shape index (κ2) is 6.44. The van der Waals surface area contributed by atoms with Gasteiger partial charge in [-0.1, -0.05) is 19.8 Å². The minimum atomic E-state index is 0.0869. The third kappa shape index (κ3) is 3.01. The summed E-state index contributed by atoms with van der Waals surface area (Å²) in [5.74, 6) is 1.11. The maximum atomic E-state index is 12.7. The molecule has 3 saturated heterocycles. The zero-order chi connectivity index (χ0) is 13.9. The molecule has 0 bridgehead atoms. The molecule has 0 aliphatic carbocycles. The van der Waals surface area contributed by atoms with E-state index in [2.05, 4.69) is 22.0 Å². The molecule has 3 unspecified atom stereocenters. The molecular weight excluding hydrogens is 250 g/mol. The molecular formula is C16H29N3O. The summed E-state index contributed by atoms with van der Waals surface area (Å²) in [6.07, 6.45) is 7.44. The van der Waals surface area contributed by atoms with Crippen molar-refractivity contribution in [1.29, 1.82) is 0 Å². The summed E-state index contributed by atoms with van der Waals surface area (Å²) in [7, 11) is 0. The van der Waals surface area contributed by atoms with Crippen molar-refractivity contribution in [3.05, 3.63) is 0 Å². The van der Waals surface area contributed by atoms with Crippen LogP contribution in [-0.2, 0) is 4.79 Å². The molecule has 0 aromatic rings. The molecule has 3 aliphatic heterocycles. The van der Waals surface area contributed by atoms with Crippen molar-refractivity contribution < 1.29 is 4.79 Å². The first kappa shape index (κ1) is 14.3. The molecule has 0 aromatic heterocycles. The van der Waals surface area contributed by atoms with Crippen LogP contribution in [0.1, 0.15) is 45.4 Å². The van der Waals surface area contributed by atoms with E-state index in [1.54, 1.807) is 0 Å². The standard InChI is InChI=1S/C16H29N3O/c1-2-13-6-7-17-15(11-13)16(20)19-10-9-18-8-4-3-5-14(18)12-19/h13-15,17H,2-12H2,1H3. The van der Waals surface area contributed by atoms with E-state index in [0.717, 1.165) is 38.5 Å². The van der Waals surface area contributed by atoms with Crippen LogP contribution < -0.4 is 5.32 Å². The second-order valence-electron chi connectivity index (χ2n) is 6.78. The van der Waals surface area contributed by atoms with Gasteiger partial charge in [-0.3, -0.25) is 9.69 Å². The van der Waals surface area contributed by atoms with E-state index in [4.69, 9.17) is 0 Å². The number of fused-ring (bicyclic) bond motifs is 1. The second-order valence-corrected chi connectivity index (χ2v) is 6.78. The van der Waals surface area contributed by atoms with Crippen LogP contribution in [0.4, 0.5) is 0 Å². The van der Waals surface area contributed by atoms with Crippen molar-refractivity contribution in [3.63, 3.8) is 0 Å². The predicted molar refractivity (Wildman–Crippen MR) is 80.6 cm³/mol. The van der Waals surface area contributed by atoms with E-state index >= 15 is 0 Å². The Hall–Kier alpha value is -0.610. The Morgan fingerprint density at radius 3 is 2.95 bits per heavy atom. The Labute approximate surface area is 122 Å². The number of hydrogen-bond donors (Lipinski definition) is 1. The zero-order valence-corrected chi connectivity index (χ0v) is 12.8. The van der Waals surface area contributed by atoms with Gasteiger partial charge in [0.1, 0.15) is 0 Å². The highest BCUT2D eigenvalue weighted by Crippen LogP contribution is 2.24. The summed E-state index contributed by atoms with van der Waals surface area (Å²) < 4.78 is 0. The molecule has 0 saturated carbocycles. The van der Waals surface area contributed by atoms with Gasteiger partial charge in [0.2, 0.25) is 5.91 Å². The van der Waals surface area contributed by atoms with Crippen molar-refractivity contribution in [2.75, 3.05) is 32.7 Å². The summed E-state index contributed by atoms with van der Waals surface area (Å²) in [6.45, 7) is 7.49. The van der Waals surface area contributed by atoms with Gasteiger partial charge in [0.25, 0.3) is 0 Å². The molecule has 4 heteroatoms. The number of hydrogen-bond acceptors (Lipinski definition) is 3. The van der Waals surface area contributed by atoms with Gasteiger partial charge in [0.15, 0.2) is 0 Å². The number of rotatable bonds is 2. The quantitative estimate of drug-likeness (QED) is 0.831. The topological polar surface area (TPSA) is 35.6 Å². The van der Waals surface area contributed by atoms with E-state index < -0.39 is 0 Å². The monoisotopic (exact) mass is 279 g/mol. The molecule has 0 aromatic carbocycles. The number of carbonyl (C=O) groups excluding carboxylic acids is 1. The number of amides is 1. The molecule has 20 heavy (non-hydrogen) atoms. The number of nitrogens with one attached hydrogen (secondary N) is 1. The van der Waals surface area contributed by atoms with Crippen LogP contribution in [0.2, 0.25) is 0 Å². The fraction of sp³-hybridized carbons (Fsp3) is 0.938. The molecule has 3 aliphatic rings. The highest BCUT2D eigenvalue weighted by molar-refractivity contribution is 5.82. The number of piperidine rings is 2. The number of carbonyl (C=O) groups is 1. The zero-order valence-electron chi connectivity index (χ0n) is 12.8. The molecule has 4 nitrogen and oxygen atoms in total. The van der Waals surface area contributed by atoms with Crippen LogP contribution >= 0.6 is 0 Å². The minimum Gasteiger partial charge on any atom is -0.338 e. The number of nitrogens with zero attached hydrogens (tertiary/aromatic N) is 2. The Morgan fingerprint density at radius 2 is 2.10 bits per heavy atom. The van der Waals surface area contributed by atoms with E-state index in [0.29, 0.717) is 11.9 Å². The van der Waals surface area contributed by atoms with Crippen molar-refractivity contribution in [3.8, 4) is 0 Å². The Balaban J connectivity index is 1.57. The lowest BCUT2D eigenvalue weighted by atomic mass is 9.89. The normalized spacial score (nSPS) is 35.6. The fourth-order valence-corrected chi connectivity index (χ4v) is 4.13. The van der Waals surface area contributed by atoms with E-state index in [9.17, 15) is 4.79 Å². The largest absolute Gasteiger partial charge is 0.338 e. The van der Waals surface area contributed by atoms with Gasteiger partial charge >= 0.3 is 0 Å². The van der Waals surface area contributed by atoms with Crippen molar-refractivity contribution >= 4 is 5.91 Å². The molecule has 3 fully saturated rings. The predicted octanol–water partition coefficient (Wildman–Crippen LogP) is 1.46. The molecule has 114 valence electrons. The third-order valence-electron chi connectivity index (χ3n) is 5.54. The van der Waals surface area contributed by atoms with Crippen LogP contribution in [-0.4, -0.2) is 60.5 Å². The van der Waals surface area contributed by atoms with Crippen molar-refractivity contribution in [2.24, 2.45) is 5.92 Å². The highest BCUT2D eigenvalue weighted by Gasteiger charge is 2.35. The summed E-state index contributed by atoms with van der Waals surface area (Å²) in [4.78, 5) is 17.5. The van der Waals surface area contributed by atoms with Gasteiger partial charge in [-0.25, -0.2) is 0 Å². The van der Waals surface area contributed by atoms with Gasteiger partial charge in [0.05, 0.1) is 6.04 Å². The average molecular weight is 279 g/mol. The fourth-order valence-electron chi connectivity index (χ4n) is 4.13. The van der Waals surface area contributed by atoms with Gasteiger partial charge in [-0.05, 0) is 44.7 Å². The first-order chi connectivity index (χ1) is 9.78. The summed E-state index contributed by atoms with van der Waals surface area (Å²) >= 11 is 0. The van der Waals surface area contributed by atoms with Crippen LogP contribution in [0.3, 0.4) is 0 Å². The lowest BCUT2D eigenvalue weighted by Crippen LogP contribution is -2.60. The molecule has 0 radical (unpaired) electrons. The van der Waals surface area contributed by atoms with Crippen molar-refractivity contribution in [2.45, 2.75) is 57.5 Å². The van der Waals surface area contributed by atoms with Crippen LogP contribution in [0.15, 0.2) is 0 Å². The van der Waals surface area contributed by atoms with Crippen LogP contribution in [0.5, 0.6) is 0 Å². The number of piperazine rings is 1. The Kier molecular flexibility index (Phi) is 4.61. The Bertz CT molecular complexity index is 347. The van der Waals surface area contributed by atoms with Crippen LogP contribution in [0, 0.1) is 5.92 Å². The Morgan fingerprint density at radius 1 is 1.20 bits per heavy atom. The molecule has 3 heterocycles. The average Bonchev–Trinajstić information content (AvgIpc) is 2.53. The van der Waals surface area contributed by atoms with E-state index in [-0.39, 0.29) is 6.04 Å². The SMILES string of the molecule is CCC1CCNC(C(=O)N2CCN3CCCCC3C2)C1. The van der Waals surface area contributed by atoms with Gasteiger partial charge in [0, 0.05) is 25.7 Å². The first-order valence-electron chi connectivity index (χ1n) is 8.54. The summed E-state index contributed by atoms with van der Waals surface area (Å²) in [6, 6.07) is 0.718. The minimum absolute atomic E-state index is 0.0869.